The number of carbonyl (C=O) groups excluding carboxylic acids is 1. The average molecular weight is 695 g/mol. The zero-order chi connectivity index (χ0) is 34.1. The standard InChI is InChI=1S/C33H31ClF4N2O6S/c1-20(31-26(34)6-3-7-27(31)35)16-21-8-10-29-28(17-21)40(47(44,45)25-5-2-4-23(18-25)33(36,37)38)19-24(46-29)9-11-30(41)39-14-12-22(13-15-39)32(42)43/h2-8,10,16-18,22,24H,9,11-15,19H2,1H3,(H,42,43). The van der Waals surface area contributed by atoms with E-state index in [2.05, 4.69) is 0 Å². The van der Waals surface area contributed by atoms with Crippen molar-refractivity contribution in [3.8, 4) is 5.75 Å². The van der Waals surface area contributed by atoms with Crippen molar-refractivity contribution in [2.75, 3.05) is 23.9 Å². The first-order chi connectivity index (χ1) is 22.1. The quantitative estimate of drug-likeness (QED) is 0.199. The minimum absolute atomic E-state index is 0.0153. The van der Waals surface area contributed by atoms with Gasteiger partial charge in [0, 0.05) is 25.1 Å². The van der Waals surface area contributed by atoms with Gasteiger partial charge in [0.1, 0.15) is 17.7 Å². The highest BCUT2D eigenvalue weighted by Gasteiger charge is 2.37. The van der Waals surface area contributed by atoms with Crippen molar-refractivity contribution < 1.29 is 45.4 Å². The number of rotatable bonds is 8. The lowest BCUT2D eigenvalue weighted by Gasteiger charge is -2.36. The first kappa shape index (κ1) is 34.2. The molecule has 1 N–H and O–H groups in total. The summed E-state index contributed by atoms with van der Waals surface area (Å²) < 4.78 is 90.2. The molecule has 0 aromatic heterocycles. The molecule has 0 aliphatic carbocycles. The van der Waals surface area contributed by atoms with Crippen molar-refractivity contribution in [2.24, 2.45) is 5.92 Å². The van der Waals surface area contributed by atoms with Crippen LogP contribution in [0.5, 0.6) is 5.75 Å². The summed E-state index contributed by atoms with van der Waals surface area (Å²) in [7, 11) is -4.57. The van der Waals surface area contributed by atoms with E-state index < -0.39 is 50.5 Å². The van der Waals surface area contributed by atoms with Crippen molar-refractivity contribution in [1.82, 2.24) is 4.90 Å². The molecule has 1 amide bonds. The van der Waals surface area contributed by atoms with E-state index in [0.717, 1.165) is 22.5 Å². The van der Waals surface area contributed by atoms with Gasteiger partial charge in [-0.1, -0.05) is 35.9 Å². The number of anilines is 1. The Bertz CT molecular complexity index is 1800. The van der Waals surface area contributed by atoms with Crippen LogP contribution in [-0.4, -0.2) is 56.0 Å². The number of alkyl halides is 3. The number of allylic oxidation sites excluding steroid dienone is 1. The normalized spacial score (nSPS) is 17.7. The Labute approximate surface area is 274 Å². The number of carboxylic acids is 1. The third-order valence-corrected chi connectivity index (χ3v) is 10.4. The van der Waals surface area contributed by atoms with Crippen LogP contribution in [-0.2, 0) is 25.8 Å². The van der Waals surface area contributed by atoms with Crippen molar-refractivity contribution >= 4 is 50.8 Å². The summed E-state index contributed by atoms with van der Waals surface area (Å²) in [6, 6.07) is 12.3. The number of carbonyl (C=O) groups is 2. The summed E-state index contributed by atoms with van der Waals surface area (Å²) in [4.78, 5) is 25.2. The number of benzene rings is 3. The van der Waals surface area contributed by atoms with Gasteiger partial charge in [-0.2, -0.15) is 13.2 Å². The van der Waals surface area contributed by atoms with E-state index in [1.165, 1.54) is 30.3 Å². The minimum Gasteiger partial charge on any atom is -0.486 e. The molecule has 3 aromatic rings. The second-order valence-corrected chi connectivity index (χ2v) is 13.8. The van der Waals surface area contributed by atoms with Gasteiger partial charge in [0.25, 0.3) is 10.0 Å². The number of ether oxygens (including phenoxy) is 1. The lowest BCUT2D eigenvalue weighted by molar-refractivity contribution is -0.145. The van der Waals surface area contributed by atoms with E-state index in [0.29, 0.717) is 30.0 Å². The monoisotopic (exact) mass is 694 g/mol. The van der Waals surface area contributed by atoms with E-state index >= 15 is 0 Å². The Morgan fingerprint density at radius 1 is 1.06 bits per heavy atom. The van der Waals surface area contributed by atoms with E-state index in [1.807, 2.05) is 0 Å². The third kappa shape index (κ3) is 7.57. The smallest absolute Gasteiger partial charge is 0.416 e. The number of carboxylic acid groups (broad SMARTS) is 1. The van der Waals surface area contributed by atoms with Crippen LogP contribution in [0.2, 0.25) is 5.02 Å². The fourth-order valence-electron chi connectivity index (χ4n) is 5.77. The van der Waals surface area contributed by atoms with Crippen molar-refractivity contribution in [3.05, 3.63) is 88.2 Å². The molecule has 1 atom stereocenters. The van der Waals surface area contributed by atoms with E-state index in [9.17, 15) is 40.7 Å². The Hall–Kier alpha value is -4.10. The molecule has 0 bridgehead atoms. The molecule has 1 fully saturated rings. The van der Waals surface area contributed by atoms with Crippen LogP contribution in [0.25, 0.3) is 11.6 Å². The molecule has 0 spiro atoms. The van der Waals surface area contributed by atoms with Gasteiger partial charge in [0.15, 0.2) is 0 Å². The molecule has 0 saturated carbocycles. The summed E-state index contributed by atoms with van der Waals surface area (Å²) in [6.07, 6.45) is -3.27. The second kappa shape index (κ2) is 13.6. The van der Waals surface area contributed by atoms with Crippen LogP contribution in [0, 0.1) is 11.7 Å². The number of halogens is 5. The fraction of sp³-hybridized carbons (Fsp3) is 0.333. The summed E-state index contributed by atoms with van der Waals surface area (Å²) in [5.41, 5.74) is -0.0157. The first-order valence-electron chi connectivity index (χ1n) is 14.8. The van der Waals surface area contributed by atoms with E-state index in [1.54, 1.807) is 24.0 Å². The molecule has 8 nitrogen and oxygen atoms in total. The lowest BCUT2D eigenvalue weighted by Crippen LogP contribution is -2.45. The first-order valence-corrected chi connectivity index (χ1v) is 16.6. The highest BCUT2D eigenvalue weighted by molar-refractivity contribution is 7.92. The largest absolute Gasteiger partial charge is 0.486 e. The maximum Gasteiger partial charge on any atom is 0.416 e. The van der Waals surface area contributed by atoms with Gasteiger partial charge in [0.05, 0.1) is 33.6 Å². The molecule has 1 unspecified atom stereocenters. The fourth-order valence-corrected chi connectivity index (χ4v) is 7.63. The molecule has 1 saturated heterocycles. The number of hydrogen-bond acceptors (Lipinski definition) is 5. The number of fused-ring (bicyclic) bond motifs is 1. The molecule has 47 heavy (non-hydrogen) atoms. The Morgan fingerprint density at radius 3 is 2.43 bits per heavy atom. The highest BCUT2D eigenvalue weighted by Crippen LogP contribution is 2.40. The molecule has 5 rings (SSSR count). The van der Waals surface area contributed by atoms with Crippen molar-refractivity contribution in [1.29, 1.82) is 0 Å². The van der Waals surface area contributed by atoms with Gasteiger partial charge in [-0.3, -0.25) is 13.9 Å². The molecule has 2 aliphatic rings. The summed E-state index contributed by atoms with van der Waals surface area (Å²) in [6.45, 7) is 1.90. The maximum atomic E-state index is 14.6. The Balaban J connectivity index is 1.46. The highest BCUT2D eigenvalue weighted by atomic mass is 35.5. The number of hydrogen-bond donors (Lipinski definition) is 1. The zero-order valence-electron chi connectivity index (χ0n) is 25.1. The predicted molar refractivity (Wildman–Crippen MR) is 168 cm³/mol. The average Bonchev–Trinajstić information content (AvgIpc) is 3.03. The van der Waals surface area contributed by atoms with Gasteiger partial charge >= 0.3 is 12.1 Å². The van der Waals surface area contributed by atoms with Gasteiger partial charge in [-0.05, 0) is 79.8 Å². The summed E-state index contributed by atoms with van der Waals surface area (Å²) in [5.74, 6) is -2.08. The third-order valence-electron chi connectivity index (χ3n) is 8.28. The predicted octanol–water partition coefficient (Wildman–Crippen LogP) is 7.12. The molecule has 2 aliphatic heterocycles. The number of piperidine rings is 1. The van der Waals surface area contributed by atoms with Crippen LogP contribution in [0.1, 0.15) is 49.3 Å². The van der Waals surface area contributed by atoms with E-state index in [4.69, 9.17) is 16.3 Å². The number of aliphatic carboxylic acids is 1. The molecular formula is C33H31ClF4N2O6S. The number of amides is 1. The van der Waals surface area contributed by atoms with Gasteiger partial charge < -0.3 is 14.7 Å². The summed E-state index contributed by atoms with van der Waals surface area (Å²) >= 11 is 6.22. The van der Waals surface area contributed by atoms with Crippen LogP contribution in [0.3, 0.4) is 0 Å². The molecule has 2 heterocycles. The van der Waals surface area contributed by atoms with Gasteiger partial charge in [0.2, 0.25) is 5.91 Å². The van der Waals surface area contributed by atoms with Crippen molar-refractivity contribution in [3.63, 3.8) is 0 Å². The van der Waals surface area contributed by atoms with Crippen LogP contribution < -0.4 is 9.04 Å². The van der Waals surface area contributed by atoms with Gasteiger partial charge in [-0.25, -0.2) is 12.8 Å². The minimum atomic E-state index is -4.78. The maximum absolute atomic E-state index is 14.6. The van der Waals surface area contributed by atoms with Crippen LogP contribution in [0.4, 0.5) is 23.2 Å². The Kier molecular flexibility index (Phi) is 9.88. The Morgan fingerprint density at radius 2 is 1.77 bits per heavy atom. The van der Waals surface area contributed by atoms with Gasteiger partial charge in [-0.15, -0.1) is 0 Å². The zero-order valence-corrected chi connectivity index (χ0v) is 26.7. The number of nitrogens with zero attached hydrogens (tertiary/aromatic N) is 2. The summed E-state index contributed by atoms with van der Waals surface area (Å²) in [5, 5.41) is 9.40. The topological polar surface area (TPSA) is 104 Å². The van der Waals surface area contributed by atoms with E-state index in [-0.39, 0.29) is 60.4 Å². The number of sulfonamides is 1. The number of likely N-dealkylation sites (tertiary alicyclic amines) is 1. The molecule has 14 heteroatoms. The second-order valence-electron chi connectivity index (χ2n) is 11.5. The molecule has 3 aromatic carbocycles. The van der Waals surface area contributed by atoms with Crippen LogP contribution in [0.15, 0.2) is 65.6 Å². The van der Waals surface area contributed by atoms with Crippen molar-refractivity contribution in [2.45, 2.75) is 49.8 Å². The van der Waals surface area contributed by atoms with Crippen LogP contribution >= 0.6 is 11.6 Å². The molecule has 0 radical (unpaired) electrons. The molecule has 250 valence electrons. The lowest BCUT2D eigenvalue weighted by atomic mass is 9.97. The SMILES string of the molecule is CC(=Cc1ccc2c(c1)N(S(=O)(=O)c1cccc(C(F)(F)F)c1)CC(CCC(=O)N1CCC(C(=O)O)CC1)O2)c1c(F)cccc1Cl. The molecular weight excluding hydrogens is 664 g/mol.